The largest absolute Gasteiger partial charge is 0.493 e. The molecule has 8 heteroatoms. The summed E-state index contributed by atoms with van der Waals surface area (Å²) in [6, 6.07) is 9.52. The number of ether oxygens (including phenoxy) is 3. The summed E-state index contributed by atoms with van der Waals surface area (Å²) in [6.45, 7) is 0. The molecule has 0 bridgehead atoms. The van der Waals surface area contributed by atoms with Gasteiger partial charge in [0.1, 0.15) is 4.90 Å². The summed E-state index contributed by atoms with van der Waals surface area (Å²) < 4.78 is 48.2. The Labute approximate surface area is 151 Å². The van der Waals surface area contributed by atoms with Crippen LogP contribution in [0.2, 0.25) is 0 Å². The predicted molar refractivity (Wildman–Crippen MR) is 96.8 cm³/mol. The predicted octanol–water partition coefficient (Wildman–Crippen LogP) is 2.97. The minimum atomic E-state index is -4.03. The van der Waals surface area contributed by atoms with E-state index in [1.807, 2.05) is 23.9 Å². The van der Waals surface area contributed by atoms with E-state index in [-0.39, 0.29) is 10.6 Å². The second-order valence-corrected chi connectivity index (χ2v) is 7.09. The molecule has 0 saturated carbocycles. The molecule has 0 aliphatic heterocycles. The zero-order valence-electron chi connectivity index (χ0n) is 14.8. The third-order valence-corrected chi connectivity index (χ3v) is 5.23. The van der Waals surface area contributed by atoms with E-state index in [2.05, 4.69) is 0 Å². The van der Waals surface area contributed by atoms with Crippen LogP contribution in [-0.2, 0) is 17.2 Å². The fourth-order valence-electron chi connectivity index (χ4n) is 2.70. The van der Waals surface area contributed by atoms with Crippen LogP contribution in [-0.4, -0.2) is 34.3 Å². The van der Waals surface area contributed by atoms with E-state index >= 15 is 0 Å². The van der Waals surface area contributed by atoms with Crippen molar-refractivity contribution in [1.82, 2.24) is 4.57 Å². The Bertz CT molecular complexity index is 1030. The molecule has 1 aromatic heterocycles. The standard InChI is InChI=1S/C18H19NO6S/c1-19-8-7-12-9-14(5-6-15(12)19)26(20,21)25-13-10-16(22-2)18(24-4)17(11-13)23-3/h5-11H,1-4H3. The second-order valence-electron chi connectivity index (χ2n) is 5.55. The van der Waals surface area contributed by atoms with Crippen molar-refractivity contribution in [2.45, 2.75) is 4.90 Å². The maximum Gasteiger partial charge on any atom is 0.339 e. The summed E-state index contributed by atoms with van der Waals surface area (Å²) >= 11 is 0. The topological polar surface area (TPSA) is 76.0 Å². The zero-order valence-corrected chi connectivity index (χ0v) is 15.7. The first-order chi connectivity index (χ1) is 12.4. The van der Waals surface area contributed by atoms with Crippen LogP contribution in [0.1, 0.15) is 0 Å². The van der Waals surface area contributed by atoms with Crippen molar-refractivity contribution in [3.05, 3.63) is 42.6 Å². The number of aromatic nitrogens is 1. The van der Waals surface area contributed by atoms with E-state index in [1.54, 1.807) is 12.1 Å². The molecule has 0 amide bonds. The molecule has 138 valence electrons. The smallest absolute Gasteiger partial charge is 0.339 e. The maximum atomic E-state index is 12.7. The Kier molecular flexibility index (Phi) is 4.69. The molecule has 0 fully saturated rings. The fraction of sp³-hybridized carbons (Fsp3) is 0.222. The zero-order chi connectivity index (χ0) is 18.9. The van der Waals surface area contributed by atoms with Crippen molar-refractivity contribution in [2.24, 2.45) is 7.05 Å². The Hall–Kier alpha value is -2.87. The van der Waals surface area contributed by atoms with Crippen LogP contribution in [0, 0.1) is 0 Å². The van der Waals surface area contributed by atoms with E-state index in [1.165, 1.54) is 39.5 Å². The van der Waals surface area contributed by atoms with Crippen molar-refractivity contribution < 1.29 is 26.8 Å². The highest BCUT2D eigenvalue weighted by molar-refractivity contribution is 7.87. The molecular weight excluding hydrogens is 358 g/mol. The van der Waals surface area contributed by atoms with Crippen LogP contribution < -0.4 is 18.4 Å². The SMILES string of the molecule is COc1cc(OS(=O)(=O)c2ccc3c(ccn3C)c2)cc(OC)c1OC. The molecule has 0 saturated heterocycles. The summed E-state index contributed by atoms with van der Waals surface area (Å²) in [6.07, 6.45) is 1.86. The lowest BCUT2D eigenvalue weighted by atomic mass is 10.2. The average Bonchev–Trinajstić information content (AvgIpc) is 3.01. The number of aryl methyl sites for hydroxylation is 1. The maximum absolute atomic E-state index is 12.7. The third kappa shape index (κ3) is 3.15. The number of benzene rings is 2. The van der Waals surface area contributed by atoms with Crippen LogP contribution in [0.5, 0.6) is 23.0 Å². The van der Waals surface area contributed by atoms with Crippen molar-refractivity contribution >= 4 is 21.0 Å². The lowest BCUT2D eigenvalue weighted by Gasteiger charge is -2.14. The number of rotatable bonds is 6. The molecule has 0 aliphatic rings. The number of nitrogens with zero attached hydrogens (tertiary/aromatic N) is 1. The number of methoxy groups -OCH3 is 3. The van der Waals surface area contributed by atoms with Gasteiger partial charge in [-0.25, -0.2) is 0 Å². The first-order valence-electron chi connectivity index (χ1n) is 7.69. The molecule has 7 nitrogen and oxygen atoms in total. The molecule has 26 heavy (non-hydrogen) atoms. The van der Waals surface area contributed by atoms with Gasteiger partial charge in [-0.3, -0.25) is 0 Å². The number of fused-ring (bicyclic) bond motifs is 1. The number of hydrogen-bond donors (Lipinski definition) is 0. The molecule has 0 radical (unpaired) electrons. The van der Waals surface area contributed by atoms with Gasteiger partial charge in [-0.15, -0.1) is 0 Å². The van der Waals surface area contributed by atoms with E-state index in [9.17, 15) is 8.42 Å². The van der Waals surface area contributed by atoms with Crippen LogP contribution in [0.25, 0.3) is 10.9 Å². The van der Waals surface area contributed by atoms with Crippen molar-refractivity contribution in [3.63, 3.8) is 0 Å². The van der Waals surface area contributed by atoms with Gasteiger partial charge >= 0.3 is 10.1 Å². The molecule has 0 spiro atoms. The molecule has 0 unspecified atom stereocenters. The Balaban J connectivity index is 2.00. The van der Waals surface area contributed by atoms with Crippen molar-refractivity contribution in [2.75, 3.05) is 21.3 Å². The monoisotopic (exact) mass is 377 g/mol. The van der Waals surface area contributed by atoms with E-state index < -0.39 is 10.1 Å². The third-order valence-electron chi connectivity index (χ3n) is 3.99. The molecule has 0 N–H and O–H groups in total. The number of hydrogen-bond acceptors (Lipinski definition) is 6. The van der Waals surface area contributed by atoms with Gasteiger partial charge in [-0.1, -0.05) is 0 Å². The van der Waals surface area contributed by atoms with Gasteiger partial charge in [0.2, 0.25) is 5.75 Å². The summed E-state index contributed by atoms with van der Waals surface area (Å²) in [7, 11) is 2.22. The van der Waals surface area contributed by atoms with Gasteiger partial charge in [0.05, 0.1) is 21.3 Å². The first kappa shape index (κ1) is 17.9. The van der Waals surface area contributed by atoms with Gasteiger partial charge in [-0.05, 0) is 24.3 Å². The van der Waals surface area contributed by atoms with Crippen molar-refractivity contribution in [1.29, 1.82) is 0 Å². The van der Waals surface area contributed by atoms with Crippen LogP contribution in [0.4, 0.5) is 0 Å². The van der Waals surface area contributed by atoms with E-state index in [4.69, 9.17) is 18.4 Å². The van der Waals surface area contributed by atoms with Gasteiger partial charge < -0.3 is 23.0 Å². The van der Waals surface area contributed by atoms with Crippen molar-refractivity contribution in [3.8, 4) is 23.0 Å². The summed E-state index contributed by atoms with van der Waals surface area (Å²) in [5, 5.41) is 0.807. The Morgan fingerprint density at radius 2 is 1.54 bits per heavy atom. The molecule has 0 atom stereocenters. The summed E-state index contributed by atoms with van der Waals surface area (Å²) in [5.41, 5.74) is 0.928. The highest BCUT2D eigenvalue weighted by atomic mass is 32.2. The van der Waals surface area contributed by atoms with E-state index in [0.29, 0.717) is 17.2 Å². The fourth-order valence-corrected chi connectivity index (χ4v) is 3.65. The quantitative estimate of drug-likeness (QED) is 0.615. The summed E-state index contributed by atoms with van der Waals surface area (Å²) in [5.74, 6) is 1.02. The van der Waals surface area contributed by atoms with Crippen LogP contribution >= 0.6 is 0 Å². The minimum absolute atomic E-state index is 0.0601. The molecule has 1 heterocycles. The molecule has 3 rings (SSSR count). The Morgan fingerprint density at radius 3 is 2.12 bits per heavy atom. The molecule has 3 aromatic rings. The van der Waals surface area contributed by atoms with Gasteiger partial charge in [-0.2, -0.15) is 8.42 Å². The van der Waals surface area contributed by atoms with Crippen LogP contribution in [0.3, 0.4) is 0 Å². The lowest BCUT2D eigenvalue weighted by molar-refractivity contribution is 0.322. The Morgan fingerprint density at radius 1 is 0.885 bits per heavy atom. The highest BCUT2D eigenvalue weighted by Crippen LogP contribution is 2.41. The summed E-state index contributed by atoms with van der Waals surface area (Å²) in [4.78, 5) is 0.0601. The van der Waals surface area contributed by atoms with E-state index in [0.717, 1.165) is 10.9 Å². The second kappa shape index (κ2) is 6.80. The minimum Gasteiger partial charge on any atom is -0.493 e. The van der Waals surface area contributed by atoms with Crippen LogP contribution in [0.15, 0.2) is 47.5 Å². The highest BCUT2D eigenvalue weighted by Gasteiger charge is 2.21. The van der Waals surface area contributed by atoms with Gasteiger partial charge in [0.25, 0.3) is 0 Å². The van der Waals surface area contributed by atoms with Gasteiger partial charge in [0, 0.05) is 36.3 Å². The van der Waals surface area contributed by atoms with Gasteiger partial charge in [0.15, 0.2) is 17.2 Å². The normalized spacial score (nSPS) is 11.4. The lowest BCUT2D eigenvalue weighted by Crippen LogP contribution is -2.10. The molecule has 2 aromatic carbocycles. The molecule has 0 aliphatic carbocycles. The molecular formula is C18H19NO6S. The average molecular weight is 377 g/mol. The first-order valence-corrected chi connectivity index (χ1v) is 9.10.